The summed E-state index contributed by atoms with van der Waals surface area (Å²) in [6.45, 7) is 6.02. The molecule has 1 atom stereocenters. The zero-order chi connectivity index (χ0) is 27.1. The van der Waals surface area contributed by atoms with Crippen LogP contribution < -0.4 is 5.84 Å². The average Bonchev–Trinajstić information content (AvgIpc) is 3.41. The summed E-state index contributed by atoms with van der Waals surface area (Å²) >= 11 is 0. The number of nitroso groups, excluding NO2 is 1. The van der Waals surface area contributed by atoms with Crippen LogP contribution in [0, 0.1) is 4.91 Å². The first-order valence-electron chi connectivity index (χ1n) is 13.0. The van der Waals surface area contributed by atoms with Gasteiger partial charge >= 0.3 is 0 Å². The summed E-state index contributed by atoms with van der Waals surface area (Å²) in [5, 5.41) is 10.4. The molecule has 2 amide bonds. The minimum atomic E-state index is -0.513. The lowest BCUT2D eigenvalue weighted by Gasteiger charge is -2.24. The third-order valence-corrected chi connectivity index (χ3v) is 6.71. The number of nitrogens with zero attached hydrogens (tertiary/aromatic N) is 6. The number of hydrogen-bond donors (Lipinski definition) is 1. The lowest BCUT2D eigenvalue weighted by molar-refractivity contribution is -0.127. The number of fused-ring (bicyclic) bond motifs is 1. The summed E-state index contributed by atoms with van der Waals surface area (Å²) < 4.78 is 0. The molecule has 0 bridgehead atoms. The number of carbonyl (C=O) groups is 2. The molecule has 2 aromatic carbocycles. The van der Waals surface area contributed by atoms with Crippen LogP contribution in [0.4, 0.5) is 5.69 Å². The molecule has 2 N–H and O–H groups in total. The van der Waals surface area contributed by atoms with Crippen LogP contribution in [0.15, 0.2) is 68.5 Å². The Morgan fingerprint density at radius 1 is 1.11 bits per heavy atom. The van der Waals surface area contributed by atoms with Crippen molar-refractivity contribution in [3.63, 3.8) is 0 Å². The molecule has 2 aliphatic rings. The minimum absolute atomic E-state index is 0.0649. The summed E-state index contributed by atoms with van der Waals surface area (Å²) in [4.78, 5) is 45.3. The van der Waals surface area contributed by atoms with Gasteiger partial charge in [0.2, 0.25) is 5.91 Å². The van der Waals surface area contributed by atoms with Gasteiger partial charge in [0.25, 0.3) is 5.91 Å². The highest BCUT2D eigenvalue weighted by Crippen LogP contribution is 2.33. The van der Waals surface area contributed by atoms with Gasteiger partial charge in [-0.3, -0.25) is 9.59 Å². The third-order valence-electron chi connectivity index (χ3n) is 6.71. The SMILES string of the molecule is CCCN(CC(C)N=O)C(=O)C1=Cc2ccc(-c3ccc(C(=O)N4CCCC4)cc3)cc2N=C(N=NN)C1. The van der Waals surface area contributed by atoms with Crippen molar-refractivity contribution < 1.29 is 9.59 Å². The highest BCUT2D eigenvalue weighted by Gasteiger charge is 2.24. The first kappa shape index (κ1) is 26.8. The van der Waals surface area contributed by atoms with Crippen molar-refractivity contribution in [2.24, 2.45) is 26.3 Å². The predicted molar refractivity (Wildman–Crippen MR) is 148 cm³/mol. The molecule has 2 aliphatic heterocycles. The van der Waals surface area contributed by atoms with E-state index in [4.69, 9.17) is 5.84 Å². The van der Waals surface area contributed by atoms with Crippen molar-refractivity contribution in [2.75, 3.05) is 26.2 Å². The van der Waals surface area contributed by atoms with Crippen LogP contribution in [0.3, 0.4) is 0 Å². The number of carbonyl (C=O) groups excluding carboxylic acids is 2. The monoisotopic (exact) mass is 515 g/mol. The number of nitrogens with two attached hydrogens (primary N) is 1. The molecule has 2 aromatic rings. The van der Waals surface area contributed by atoms with Gasteiger partial charge in [0.15, 0.2) is 5.84 Å². The van der Waals surface area contributed by atoms with Crippen molar-refractivity contribution in [1.82, 2.24) is 9.80 Å². The molecule has 0 aliphatic carbocycles. The second-order valence-corrected chi connectivity index (χ2v) is 9.65. The Labute approximate surface area is 222 Å². The molecule has 10 heteroatoms. The molecule has 198 valence electrons. The highest BCUT2D eigenvalue weighted by atomic mass is 16.3. The van der Waals surface area contributed by atoms with Gasteiger partial charge in [-0.25, -0.2) is 4.99 Å². The topological polar surface area (TPSA) is 133 Å². The molecule has 4 rings (SSSR count). The molecular formula is C28H33N7O3. The molecule has 0 spiro atoms. The normalized spacial score (nSPS) is 15.9. The Hall–Kier alpha value is -4.21. The van der Waals surface area contributed by atoms with E-state index in [-0.39, 0.29) is 24.8 Å². The van der Waals surface area contributed by atoms with E-state index in [1.807, 2.05) is 60.4 Å². The molecule has 10 nitrogen and oxygen atoms in total. The molecule has 38 heavy (non-hydrogen) atoms. The second-order valence-electron chi connectivity index (χ2n) is 9.65. The minimum Gasteiger partial charge on any atom is -0.339 e. The van der Waals surface area contributed by atoms with Crippen LogP contribution in [0.5, 0.6) is 0 Å². The number of hydrogen-bond acceptors (Lipinski definition) is 7. The maximum absolute atomic E-state index is 13.4. The highest BCUT2D eigenvalue weighted by molar-refractivity contribution is 6.06. The number of amidine groups is 1. The number of benzene rings is 2. The van der Waals surface area contributed by atoms with Crippen LogP contribution in [0.25, 0.3) is 17.2 Å². The first-order valence-corrected chi connectivity index (χ1v) is 13.0. The summed E-state index contributed by atoms with van der Waals surface area (Å²) in [6, 6.07) is 12.9. The first-order chi connectivity index (χ1) is 18.4. The van der Waals surface area contributed by atoms with Gasteiger partial charge in [-0.2, -0.15) is 4.91 Å². The van der Waals surface area contributed by atoms with Crippen LogP contribution in [0.1, 0.15) is 55.5 Å². The van der Waals surface area contributed by atoms with E-state index in [2.05, 4.69) is 20.5 Å². The third kappa shape index (κ3) is 6.19. The summed E-state index contributed by atoms with van der Waals surface area (Å²) in [7, 11) is 0. The fourth-order valence-corrected chi connectivity index (χ4v) is 4.80. The molecule has 2 heterocycles. The zero-order valence-corrected chi connectivity index (χ0v) is 21.8. The van der Waals surface area contributed by atoms with Crippen LogP contribution in [-0.4, -0.2) is 59.7 Å². The van der Waals surface area contributed by atoms with Gasteiger partial charge in [0.05, 0.1) is 5.69 Å². The van der Waals surface area contributed by atoms with E-state index < -0.39 is 6.04 Å². The second kappa shape index (κ2) is 12.4. The van der Waals surface area contributed by atoms with Crippen LogP contribution >= 0.6 is 0 Å². The Morgan fingerprint density at radius 2 is 1.82 bits per heavy atom. The molecule has 0 radical (unpaired) electrons. The number of rotatable bonds is 8. The summed E-state index contributed by atoms with van der Waals surface area (Å²) in [5.41, 5.74) is 4.42. The van der Waals surface area contributed by atoms with Crippen molar-refractivity contribution in [3.05, 3.63) is 64.1 Å². The lowest BCUT2D eigenvalue weighted by atomic mass is 9.99. The quantitative estimate of drug-likeness (QED) is 0.226. The number of amides is 2. The molecule has 0 saturated carbocycles. The Balaban J connectivity index is 1.64. The van der Waals surface area contributed by atoms with Gasteiger partial charge in [0, 0.05) is 49.3 Å². The van der Waals surface area contributed by atoms with Crippen molar-refractivity contribution in [3.8, 4) is 11.1 Å². The number of aliphatic imine (C=N–C) groups is 1. The summed E-state index contributed by atoms with van der Waals surface area (Å²) in [6.07, 6.45) is 4.82. The van der Waals surface area contributed by atoms with E-state index in [9.17, 15) is 14.5 Å². The van der Waals surface area contributed by atoms with Crippen molar-refractivity contribution in [2.45, 2.75) is 45.6 Å². The molecule has 1 saturated heterocycles. The largest absolute Gasteiger partial charge is 0.339 e. The van der Waals surface area contributed by atoms with Crippen LogP contribution in [0.2, 0.25) is 0 Å². The Kier molecular flexibility index (Phi) is 8.73. The van der Waals surface area contributed by atoms with E-state index in [1.165, 1.54) is 0 Å². The fourth-order valence-electron chi connectivity index (χ4n) is 4.80. The fraction of sp³-hybridized carbons (Fsp3) is 0.393. The van der Waals surface area contributed by atoms with E-state index in [0.717, 1.165) is 49.0 Å². The van der Waals surface area contributed by atoms with E-state index >= 15 is 0 Å². The standard InChI is InChI=1S/C28H33N7O3/c1-3-12-35(18-19(2)32-38)28(37)24-15-23-11-10-22(16-25(23)30-26(17-24)31-33-29)20-6-8-21(9-7-20)27(36)34-13-4-5-14-34/h6-11,15-16,19H,3-5,12-14,17-18H2,1-2H3,(H2,29,30,31). The van der Waals surface area contributed by atoms with E-state index in [0.29, 0.717) is 29.2 Å². The Bertz CT molecular complexity index is 1280. The smallest absolute Gasteiger partial charge is 0.253 e. The maximum atomic E-state index is 13.4. The van der Waals surface area contributed by atoms with Gasteiger partial charge in [-0.1, -0.05) is 41.6 Å². The summed E-state index contributed by atoms with van der Waals surface area (Å²) in [5.74, 6) is 5.51. The van der Waals surface area contributed by atoms with Gasteiger partial charge in [-0.15, -0.1) is 5.11 Å². The Morgan fingerprint density at radius 3 is 2.47 bits per heavy atom. The van der Waals surface area contributed by atoms with Gasteiger partial charge in [-0.05, 0) is 61.6 Å². The molecule has 1 unspecified atom stereocenters. The molecule has 1 fully saturated rings. The lowest BCUT2D eigenvalue weighted by Crippen LogP contribution is -2.37. The van der Waals surface area contributed by atoms with Crippen molar-refractivity contribution >= 4 is 29.4 Å². The zero-order valence-electron chi connectivity index (χ0n) is 21.8. The number of likely N-dealkylation sites (tertiary alicyclic amines) is 1. The van der Waals surface area contributed by atoms with Crippen LogP contribution in [-0.2, 0) is 4.79 Å². The molecule has 0 aromatic heterocycles. The average molecular weight is 516 g/mol. The maximum Gasteiger partial charge on any atom is 0.253 e. The van der Waals surface area contributed by atoms with Crippen molar-refractivity contribution in [1.29, 1.82) is 0 Å². The van der Waals surface area contributed by atoms with E-state index in [1.54, 1.807) is 11.8 Å². The van der Waals surface area contributed by atoms with Gasteiger partial charge in [0.1, 0.15) is 6.04 Å². The predicted octanol–water partition coefficient (Wildman–Crippen LogP) is 5.13. The van der Waals surface area contributed by atoms with Gasteiger partial charge < -0.3 is 15.6 Å². The molecular weight excluding hydrogens is 482 g/mol.